The number of nitrogens with one attached hydrogen (secondary N) is 2. The van der Waals surface area contributed by atoms with Crippen LogP contribution in [0.15, 0.2) is 54.6 Å². The fourth-order valence-corrected chi connectivity index (χ4v) is 2.26. The molecule has 7 heteroatoms. The molecule has 0 heterocycles. The molecular weight excluding hydrogens is 346 g/mol. The summed E-state index contributed by atoms with van der Waals surface area (Å²) in [5, 5.41) is 5.96. The van der Waals surface area contributed by atoms with Crippen molar-refractivity contribution in [3.05, 3.63) is 70.8 Å². The number of rotatable bonds is 4. The normalized spacial score (nSPS) is 10.4. The Hall–Kier alpha value is -2.70. The molecule has 2 amide bonds. The van der Waals surface area contributed by atoms with Crippen LogP contribution in [0.3, 0.4) is 0 Å². The number of primary amides is 1. The number of benzene rings is 2. The van der Waals surface area contributed by atoms with Crippen molar-refractivity contribution in [1.82, 2.24) is 5.32 Å². The van der Waals surface area contributed by atoms with Crippen molar-refractivity contribution in [3.63, 3.8) is 0 Å². The van der Waals surface area contributed by atoms with Crippen LogP contribution in [-0.2, 0) is 4.79 Å². The van der Waals surface area contributed by atoms with Crippen molar-refractivity contribution in [2.75, 3.05) is 5.32 Å². The Balaban J connectivity index is 1.95. The summed E-state index contributed by atoms with van der Waals surface area (Å²) in [4.78, 5) is 23.0. The molecule has 0 aliphatic heterocycles. The van der Waals surface area contributed by atoms with E-state index in [4.69, 9.17) is 29.6 Å². The quantitative estimate of drug-likeness (QED) is 0.579. The van der Waals surface area contributed by atoms with Crippen molar-refractivity contribution in [2.45, 2.75) is 0 Å². The van der Waals surface area contributed by atoms with E-state index in [1.807, 2.05) is 6.07 Å². The fourth-order valence-electron chi connectivity index (χ4n) is 1.84. The van der Waals surface area contributed by atoms with Gasteiger partial charge in [-0.05, 0) is 48.1 Å². The van der Waals surface area contributed by atoms with Crippen molar-refractivity contribution in [2.24, 2.45) is 5.73 Å². The SMILES string of the molecule is NC(=O)c1cccc(NC(=S)NC(=O)/C=C/c2ccccc2Cl)c1. The smallest absolute Gasteiger partial charge is 0.250 e. The average Bonchev–Trinajstić information content (AvgIpc) is 2.54. The highest BCUT2D eigenvalue weighted by Crippen LogP contribution is 2.16. The molecule has 0 bridgehead atoms. The maximum atomic E-state index is 11.9. The Kier molecular flexibility index (Phi) is 6.06. The van der Waals surface area contributed by atoms with Gasteiger partial charge in [0.25, 0.3) is 0 Å². The molecule has 0 aliphatic rings. The second-order valence-corrected chi connectivity index (χ2v) is 5.56. The molecule has 4 N–H and O–H groups in total. The third kappa shape index (κ3) is 5.19. The van der Waals surface area contributed by atoms with Crippen molar-refractivity contribution >= 4 is 52.5 Å². The highest BCUT2D eigenvalue weighted by molar-refractivity contribution is 7.80. The van der Waals surface area contributed by atoms with Crippen molar-refractivity contribution in [3.8, 4) is 0 Å². The zero-order valence-electron chi connectivity index (χ0n) is 12.5. The monoisotopic (exact) mass is 359 g/mol. The van der Waals surface area contributed by atoms with Gasteiger partial charge in [0.05, 0.1) is 0 Å². The summed E-state index contributed by atoms with van der Waals surface area (Å²) in [6.45, 7) is 0. The average molecular weight is 360 g/mol. The van der Waals surface area contributed by atoms with E-state index in [1.165, 1.54) is 6.08 Å². The molecule has 0 aromatic heterocycles. The minimum atomic E-state index is -0.545. The second kappa shape index (κ2) is 8.24. The summed E-state index contributed by atoms with van der Waals surface area (Å²) in [5.41, 5.74) is 6.82. The van der Waals surface area contributed by atoms with Crippen LogP contribution in [0.2, 0.25) is 5.02 Å². The molecule has 0 unspecified atom stereocenters. The standard InChI is InChI=1S/C17H14ClN3O2S/c18-14-7-2-1-4-11(14)8-9-15(22)21-17(24)20-13-6-3-5-12(10-13)16(19)23/h1-10H,(H2,19,23)(H2,20,21,22,24)/b9-8+. The largest absolute Gasteiger partial charge is 0.366 e. The van der Waals surface area contributed by atoms with E-state index in [1.54, 1.807) is 48.5 Å². The molecule has 0 saturated heterocycles. The predicted molar refractivity (Wildman–Crippen MR) is 99.8 cm³/mol. The van der Waals surface area contributed by atoms with Crippen LogP contribution in [0.4, 0.5) is 5.69 Å². The minimum absolute atomic E-state index is 0.102. The molecule has 24 heavy (non-hydrogen) atoms. The number of hydrogen-bond donors (Lipinski definition) is 3. The molecule has 2 aromatic carbocycles. The van der Waals surface area contributed by atoms with Gasteiger partial charge in [0.1, 0.15) is 0 Å². The number of anilines is 1. The summed E-state index contributed by atoms with van der Waals surface area (Å²) in [6, 6.07) is 13.6. The second-order valence-electron chi connectivity index (χ2n) is 4.74. The molecule has 5 nitrogen and oxygen atoms in total. The van der Waals surface area contributed by atoms with Gasteiger partial charge in [-0.3, -0.25) is 14.9 Å². The first-order valence-electron chi connectivity index (χ1n) is 6.90. The van der Waals surface area contributed by atoms with Crippen LogP contribution in [0.25, 0.3) is 6.08 Å². The van der Waals surface area contributed by atoms with E-state index in [0.29, 0.717) is 16.3 Å². The lowest BCUT2D eigenvalue weighted by Crippen LogP contribution is -2.32. The van der Waals surface area contributed by atoms with Gasteiger partial charge in [-0.2, -0.15) is 0 Å². The molecule has 2 rings (SSSR count). The molecule has 0 aliphatic carbocycles. The maximum absolute atomic E-state index is 11.9. The third-order valence-electron chi connectivity index (χ3n) is 2.96. The highest BCUT2D eigenvalue weighted by atomic mass is 35.5. The predicted octanol–water partition coefficient (Wildman–Crippen LogP) is 2.97. The topological polar surface area (TPSA) is 84.2 Å². The molecule has 0 radical (unpaired) electrons. The van der Waals surface area contributed by atoms with Gasteiger partial charge in [0, 0.05) is 22.3 Å². The third-order valence-corrected chi connectivity index (χ3v) is 3.51. The van der Waals surface area contributed by atoms with Crippen LogP contribution in [-0.4, -0.2) is 16.9 Å². The Morgan fingerprint density at radius 2 is 1.88 bits per heavy atom. The van der Waals surface area contributed by atoms with E-state index < -0.39 is 11.8 Å². The molecule has 0 atom stereocenters. The Morgan fingerprint density at radius 3 is 2.58 bits per heavy atom. The number of carbonyl (C=O) groups is 2. The van der Waals surface area contributed by atoms with Crippen molar-refractivity contribution < 1.29 is 9.59 Å². The van der Waals surface area contributed by atoms with Crippen molar-refractivity contribution in [1.29, 1.82) is 0 Å². The first-order valence-corrected chi connectivity index (χ1v) is 7.69. The molecule has 122 valence electrons. The van der Waals surface area contributed by atoms with E-state index in [-0.39, 0.29) is 5.11 Å². The van der Waals surface area contributed by atoms with Gasteiger partial charge in [-0.15, -0.1) is 0 Å². The Morgan fingerprint density at radius 1 is 1.12 bits per heavy atom. The zero-order valence-corrected chi connectivity index (χ0v) is 14.0. The molecule has 0 saturated carbocycles. The van der Waals surface area contributed by atoms with E-state index >= 15 is 0 Å². The molecule has 2 aromatic rings. The fraction of sp³-hybridized carbons (Fsp3) is 0. The maximum Gasteiger partial charge on any atom is 0.250 e. The van der Waals surface area contributed by atoms with Crippen LogP contribution in [0.5, 0.6) is 0 Å². The van der Waals surface area contributed by atoms with Gasteiger partial charge in [0.2, 0.25) is 11.8 Å². The van der Waals surface area contributed by atoms with Gasteiger partial charge in [0.15, 0.2) is 5.11 Å². The van der Waals surface area contributed by atoms with E-state index in [0.717, 1.165) is 5.56 Å². The van der Waals surface area contributed by atoms with Crippen LogP contribution < -0.4 is 16.4 Å². The molecule has 0 spiro atoms. The lowest BCUT2D eigenvalue weighted by Gasteiger charge is -2.08. The molecular formula is C17H14ClN3O2S. The number of halogens is 1. The Bertz CT molecular complexity index is 821. The summed E-state index contributed by atoms with van der Waals surface area (Å²) >= 11 is 11.1. The summed E-state index contributed by atoms with van der Waals surface area (Å²) in [7, 11) is 0. The minimum Gasteiger partial charge on any atom is -0.366 e. The van der Waals surface area contributed by atoms with Crippen LogP contribution >= 0.6 is 23.8 Å². The van der Waals surface area contributed by atoms with Crippen LogP contribution in [0, 0.1) is 0 Å². The number of nitrogens with two attached hydrogens (primary N) is 1. The van der Waals surface area contributed by atoms with E-state index in [9.17, 15) is 9.59 Å². The number of carbonyl (C=O) groups excluding carboxylic acids is 2. The first-order chi connectivity index (χ1) is 11.5. The Labute approximate surface area is 149 Å². The lowest BCUT2D eigenvalue weighted by molar-refractivity contribution is -0.115. The lowest BCUT2D eigenvalue weighted by atomic mass is 10.2. The van der Waals surface area contributed by atoms with Crippen LogP contribution in [0.1, 0.15) is 15.9 Å². The van der Waals surface area contributed by atoms with Gasteiger partial charge >= 0.3 is 0 Å². The summed E-state index contributed by atoms with van der Waals surface area (Å²) in [5.74, 6) is -0.949. The number of hydrogen-bond acceptors (Lipinski definition) is 3. The number of thiocarbonyl (C=S) groups is 1. The van der Waals surface area contributed by atoms with Gasteiger partial charge < -0.3 is 11.1 Å². The molecule has 0 fully saturated rings. The summed E-state index contributed by atoms with van der Waals surface area (Å²) < 4.78 is 0. The zero-order chi connectivity index (χ0) is 17.5. The number of amides is 2. The van der Waals surface area contributed by atoms with Gasteiger partial charge in [-0.25, -0.2) is 0 Å². The van der Waals surface area contributed by atoms with Gasteiger partial charge in [-0.1, -0.05) is 35.9 Å². The first kappa shape index (κ1) is 17.7. The van der Waals surface area contributed by atoms with E-state index in [2.05, 4.69) is 10.6 Å². The highest BCUT2D eigenvalue weighted by Gasteiger charge is 2.05. The summed E-state index contributed by atoms with van der Waals surface area (Å²) in [6.07, 6.45) is 2.92.